The molecule has 0 amide bonds. The van der Waals surface area contributed by atoms with Crippen molar-refractivity contribution < 1.29 is 4.52 Å². The lowest BCUT2D eigenvalue weighted by atomic mass is 10.2. The number of rotatable bonds is 2. The minimum atomic E-state index is 0.220. The molecule has 0 aliphatic carbocycles. The molecular weight excluding hydrogens is 262 g/mol. The van der Waals surface area contributed by atoms with Gasteiger partial charge < -0.3 is 10.3 Å². The molecule has 2 aromatic rings. The Labute approximate surface area is 115 Å². The third kappa shape index (κ3) is 2.57. The number of pyridine rings is 1. The summed E-state index contributed by atoms with van der Waals surface area (Å²) in [6, 6.07) is 3.78. The van der Waals surface area contributed by atoms with E-state index in [1.54, 1.807) is 12.3 Å². The van der Waals surface area contributed by atoms with Crippen LogP contribution in [0.15, 0.2) is 22.9 Å². The second-order valence-electron chi connectivity index (χ2n) is 4.50. The number of aromatic nitrogens is 3. The van der Waals surface area contributed by atoms with E-state index in [4.69, 9.17) is 10.3 Å². The van der Waals surface area contributed by atoms with Crippen molar-refractivity contribution in [1.82, 2.24) is 20.0 Å². The minimum absolute atomic E-state index is 0.220. The van der Waals surface area contributed by atoms with E-state index in [1.807, 2.05) is 17.8 Å². The summed E-state index contributed by atoms with van der Waals surface area (Å²) < 4.78 is 5.31. The Morgan fingerprint density at radius 3 is 3.11 bits per heavy atom. The molecule has 0 bridgehead atoms. The largest absolute Gasteiger partial charge is 0.384 e. The normalized spacial score (nSPS) is 20.6. The smallest absolute Gasteiger partial charge is 0.259 e. The quantitative estimate of drug-likeness (QED) is 0.889. The Hall–Kier alpha value is -1.60. The van der Waals surface area contributed by atoms with Gasteiger partial charge in [-0.25, -0.2) is 4.98 Å². The lowest BCUT2D eigenvalue weighted by molar-refractivity contribution is 0.257. The summed E-state index contributed by atoms with van der Waals surface area (Å²) in [6.07, 6.45) is 1.64. The van der Waals surface area contributed by atoms with Crippen molar-refractivity contribution in [2.75, 3.05) is 30.8 Å². The molecule has 2 N–H and O–H groups in total. The minimum Gasteiger partial charge on any atom is -0.384 e. The van der Waals surface area contributed by atoms with Crippen molar-refractivity contribution >= 4 is 17.6 Å². The van der Waals surface area contributed by atoms with Gasteiger partial charge in [-0.3, -0.25) is 4.90 Å². The van der Waals surface area contributed by atoms with Gasteiger partial charge in [0.25, 0.3) is 5.89 Å². The Morgan fingerprint density at radius 1 is 1.47 bits per heavy atom. The van der Waals surface area contributed by atoms with Crippen LogP contribution in [0.25, 0.3) is 11.5 Å². The molecule has 100 valence electrons. The van der Waals surface area contributed by atoms with Gasteiger partial charge in [-0.1, -0.05) is 5.16 Å². The number of thioether (sulfide) groups is 1. The molecule has 3 heterocycles. The summed E-state index contributed by atoms with van der Waals surface area (Å²) in [4.78, 5) is 10.8. The van der Waals surface area contributed by atoms with Crippen LogP contribution < -0.4 is 5.73 Å². The Balaban J connectivity index is 1.84. The predicted octanol–water partition coefficient (Wildman–Crippen LogP) is 1.43. The molecule has 7 heteroatoms. The van der Waals surface area contributed by atoms with Crippen LogP contribution >= 0.6 is 11.8 Å². The van der Waals surface area contributed by atoms with Gasteiger partial charge in [-0.05, 0) is 19.2 Å². The van der Waals surface area contributed by atoms with Gasteiger partial charge >= 0.3 is 0 Å². The first kappa shape index (κ1) is 12.4. The highest BCUT2D eigenvalue weighted by molar-refractivity contribution is 7.99. The summed E-state index contributed by atoms with van der Waals surface area (Å²) >= 11 is 1.92. The van der Waals surface area contributed by atoms with Crippen LogP contribution in [0.5, 0.6) is 0 Å². The van der Waals surface area contributed by atoms with E-state index in [1.165, 1.54) is 0 Å². The maximum atomic E-state index is 5.56. The van der Waals surface area contributed by atoms with Gasteiger partial charge in [0, 0.05) is 24.2 Å². The number of nitrogens with two attached hydrogens (primary N) is 1. The number of nitrogens with zero attached hydrogens (tertiary/aromatic N) is 4. The first-order chi connectivity index (χ1) is 9.24. The Morgan fingerprint density at radius 2 is 2.37 bits per heavy atom. The summed E-state index contributed by atoms with van der Waals surface area (Å²) in [5.74, 6) is 3.86. The second-order valence-corrected chi connectivity index (χ2v) is 5.65. The fourth-order valence-electron chi connectivity index (χ4n) is 1.98. The van der Waals surface area contributed by atoms with Crippen LogP contribution in [0.4, 0.5) is 5.82 Å². The van der Waals surface area contributed by atoms with E-state index in [2.05, 4.69) is 27.1 Å². The SMILES string of the molecule is CN1CCSCC1c1noc(-c2ccc(N)nc2)n1. The third-order valence-corrected chi connectivity index (χ3v) is 4.19. The predicted molar refractivity (Wildman–Crippen MR) is 74.6 cm³/mol. The molecule has 0 saturated carbocycles. The van der Waals surface area contributed by atoms with E-state index in [9.17, 15) is 0 Å². The fourth-order valence-corrected chi connectivity index (χ4v) is 3.19. The highest BCUT2D eigenvalue weighted by Gasteiger charge is 2.26. The van der Waals surface area contributed by atoms with E-state index in [0.717, 1.165) is 29.4 Å². The van der Waals surface area contributed by atoms with Crippen LogP contribution in [0, 0.1) is 0 Å². The van der Waals surface area contributed by atoms with Gasteiger partial charge in [-0.15, -0.1) is 0 Å². The Bertz CT molecular complexity index is 556. The highest BCUT2D eigenvalue weighted by atomic mass is 32.2. The first-order valence-corrected chi connectivity index (χ1v) is 7.23. The summed E-state index contributed by atoms with van der Waals surface area (Å²) in [5.41, 5.74) is 6.35. The van der Waals surface area contributed by atoms with Crippen molar-refractivity contribution in [3.63, 3.8) is 0 Å². The van der Waals surface area contributed by atoms with E-state index < -0.39 is 0 Å². The molecule has 1 aliphatic heterocycles. The topological polar surface area (TPSA) is 81.1 Å². The molecule has 6 nitrogen and oxygen atoms in total. The average molecular weight is 277 g/mol. The molecule has 0 spiro atoms. The zero-order chi connectivity index (χ0) is 13.2. The monoisotopic (exact) mass is 277 g/mol. The molecule has 19 heavy (non-hydrogen) atoms. The molecule has 1 fully saturated rings. The number of nitrogen functional groups attached to an aromatic ring is 1. The third-order valence-electron chi connectivity index (χ3n) is 3.17. The van der Waals surface area contributed by atoms with Crippen LogP contribution in [0.1, 0.15) is 11.9 Å². The fraction of sp³-hybridized carbons (Fsp3) is 0.417. The van der Waals surface area contributed by atoms with E-state index in [-0.39, 0.29) is 6.04 Å². The van der Waals surface area contributed by atoms with Crippen molar-refractivity contribution in [3.8, 4) is 11.5 Å². The molecule has 3 rings (SSSR count). The molecule has 1 saturated heterocycles. The maximum Gasteiger partial charge on any atom is 0.259 e. The molecule has 1 unspecified atom stereocenters. The zero-order valence-electron chi connectivity index (χ0n) is 10.6. The van der Waals surface area contributed by atoms with Gasteiger partial charge in [-0.2, -0.15) is 16.7 Å². The lowest BCUT2D eigenvalue weighted by Crippen LogP contribution is -2.33. The van der Waals surface area contributed by atoms with Gasteiger partial charge in [0.05, 0.1) is 11.6 Å². The average Bonchev–Trinajstić information content (AvgIpc) is 2.89. The van der Waals surface area contributed by atoms with Crippen LogP contribution in [0.3, 0.4) is 0 Å². The molecule has 1 atom stereocenters. The first-order valence-electron chi connectivity index (χ1n) is 6.07. The Kier molecular flexibility index (Phi) is 3.39. The highest BCUT2D eigenvalue weighted by Crippen LogP contribution is 2.27. The van der Waals surface area contributed by atoms with Crippen molar-refractivity contribution in [1.29, 1.82) is 0 Å². The maximum absolute atomic E-state index is 5.56. The van der Waals surface area contributed by atoms with Gasteiger partial charge in [0.15, 0.2) is 5.82 Å². The summed E-state index contributed by atoms with van der Waals surface area (Å²) in [7, 11) is 2.09. The van der Waals surface area contributed by atoms with E-state index >= 15 is 0 Å². The summed E-state index contributed by atoms with van der Waals surface area (Å²) in [5, 5.41) is 4.09. The van der Waals surface area contributed by atoms with E-state index in [0.29, 0.717) is 11.7 Å². The second kappa shape index (κ2) is 5.18. The van der Waals surface area contributed by atoms with Crippen molar-refractivity contribution in [2.45, 2.75) is 6.04 Å². The molecule has 2 aromatic heterocycles. The molecular formula is C12H15N5OS. The number of hydrogen-bond donors (Lipinski definition) is 1. The summed E-state index contributed by atoms with van der Waals surface area (Å²) in [6.45, 7) is 1.04. The van der Waals surface area contributed by atoms with Gasteiger partial charge in [0.2, 0.25) is 0 Å². The number of hydrogen-bond acceptors (Lipinski definition) is 7. The lowest BCUT2D eigenvalue weighted by Gasteiger charge is -2.29. The molecule has 0 radical (unpaired) electrons. The molecule has 1 aliphatic rings. The zero-order valence-corrected chi connectivity index (χ0v) is 11.4. The van der Waals surface area contributed by atoms with Crippen LogP contribution in [0.2, 0.25) is 0 Å². The molecule has 0 aromatic carbocycles. The van der Waals surface area contributed by atoms with Crippen LogP contribution in [-0.4, -0.2) is 45.1 Å². The van der Waals surface area contributed by atoms with Gasteiger partial charge in [0.1, 0.15) is 5.82 Å². The van der Waals surface area contributed by atoms with Crippen LogP contribution in [-0.2, 0) is 0 Å². The van der Waals surface area contributed by atoms with Crippen molar-refractivity contribution in [2.24, 2.45) is 0 Å². The number of anilines is 1. The standard InChI is InChI=1S/C12H15N5OS/c1-17-4-5-19-7-9(17)11-15-12(18-16-11)8-2-3-10(13)14-6-8/h2-3,6,9H,4-5,7H2,1H3,(H2,13,14). The van der Waals surface area contributed by atoms with Crippen molar-refractivity contribution in [3.05, 3.63) is 24.2 Å².